The van der Waals surface area contributed by atoms with Gasteiger partial charge in [0.1, 0.15) is 5.71 Å². The van der Waals surface area contributed by atoms with Crippen LogP contribution in [0.15, 0.2) is 34.5 Å². The Bertz CT molecular complexity index is 597. The van der Waals surface area contributed by atoms with Crippen LogP contribution in [0.4, 0.5) is 0 Å². The lowest BCUT2D eigenvalue weighted by atomic mass is 10.1. The fourth-order valence-electron chi connectivity index (χ4n) is 1.37. The molecule has 4 N–H and O–H groups in total. The summed E-state index contributed by atoms with van der Waals surface area (Å²) < 4.78 is 0. The maximum absolute atomic E-state index is 5.91. The Balaban J connectivity index is 3.07. The molecule has 0 saturated carbocycles. The summed E-state index contributed by atoms with van der Waals surface area (Å²) in [6.07, 6.45) is 0. The van der Waals surface area contributed by atoms with Crippen LogP contribution in [0.3, 0.4) is 0 Å². The number of hydrazone groups is 2. The molecule has 6 nitrogen and oxygen atoms in total. The highest BCUT2D eigenvalue weighted by molar-refractivity contribution is 7.80. The van der Waals surface area contributed by atoms with E-state index >= 15 is 0 Å². The van der Waals surface area contributed by atoms with Crippen LogP contribution >= 0.6 is 36.0 Å². The monoisotopic (exact) mass is 356 g/mol. The van der Waals surface area contributed by atoms with Crippen molar-refractivity contribution in [2.45, 2.75) is 6.92 Å². The normalized spacial score (nSPS) is 11.6. The van der Waals surface area contributed by atoms with Gasteiger partial charge in [-0.15, -0.1) is 0 Å². The van der Waals surface area contributed by atoms with Crippen LogP contribution in [0, 0.1) is 0 Å². The molecule has 0 aliphatic heterocycles. The predicted octanol–water partition coefficient (Wildman–Crippen LogP) is 1.61. The van der Waals surface area contributed by atoms with E-state index in [0.29, 0.717) is 26.7 Å². The second-order valence-electron chi connectivity index (χ2n) is 4.05. The van der Waals surface area contributed by atoms with Crippen LogP contribution in [0.1, 0.15) is 12.5 Å². The third-order valence-electron chi connectivity index (χ3n) is 2.51. The largest absolute Gasteiger partial charge is 0.364 e. The molecular formula is C13H17ClN6S2. The Morgan fingerprint density at radius 2 is 1.45 bits per heavy atom. The zero-order chi connectivity index (χ0) is 16.5. The molecule has 1 rings (SSSR count). The van der Waals surface area contributed by atoms with Gasteiger partial charge in [-0.1, -0.05) is 23.7 Å². The third-order valence-corrected chi connectivity index (χ3v) is 3.35. The fraction of sp³-hybridized carbons (Fsp3) is 0.231. The van der Waals surface area contributed by atoms with Gasteiger partial charge in [0.25, 0.3) is 0 Å². The summed E-state index contributed by atoms with van der Waals surface area (Å²) in [6, 6.07) is 7.25. The molecule has 1 aromatic rings. The van der Waals surface area contributed by atoms with Crippen molar-refractivity contribution in [1.82, 2.24) is 21.5 Å². The second kappa shape index (κ2) is 9.29. The van der Waals surface area contributed by atoms with E-state index in [2.05, 4.69) is 31.7 Å². The summed E-state index contributed by atoms with van der Waals surface area (Å²) >= 11 is 15.9. The molecule has 0 aromatic heterocycles. The van der Waals surface area contributed by atoms with Gasteiger partial charge in [0.05, 0.1) is 5.71 Å². The van der Waals surface area contributed by atoms with Crippen molar-refractivity contribution in [1.29, 1.82) is 0 Å². The molecule has 0 saturated heterocycles. The van der Waals surface area contributed by atoms with Gasteiger partial charge in [-0.25, -0.2) is 0 Å². The van der Waals surface area contributed by atoms with Crippen molar-refractivity contribution in [3.63, 3.8) is 0 Å². The first-order chi connectivity index (χ1) is 10.5. The number of thiocarbonyl (C=S) groups is 2. The molecule has 22 heavy (non-hydrogen) atoms. The predicted molar refractivity (Wildman–Crippen MR) is 101 cm³/mol. The number of rotatable bonds is 4. The van der Waals surface area contributed by atoms with E-state index in [1.807, 2.05) is 19.1 Å². The zero-order valence-electron chi connectivity index (χ0n) is 12.4. The summed E-state index contributed by atoms with van der Waals surface area (Å²) in [5.74, 6) is 0. The van der Waals surface area contributed by atoms with Gasteiger partial charge < -0.3 is 10.6 Å². The number of hydrogen-bond donors (Lipinski definition) is 4. The van der Waals surface area contributed by atoms with Crippen molar-refractivity contribution >= 4 is 57.7 Å². The molecule has 0 aliphatic rings. The van der Waals surface area contributed by atoms with E-state index < -0.39 is 0 Å². The standard InChI is InChI=1S/C13H17ClN6S2/c1-8(17-19-12(21)15-2)11(18-20-13(22)16-3)9-4-6-10(14)7-5-9/h4-7H,1-3H3,(H2,15,19,21)(H2,16,20,22). The Kier molecular flexibility index (Phi) is 7.72. The summed E-state index contributed by atoms with van der Waals surface area (Å²) in [4.78, 5) is 0. The van der Waals surface area contributed by atoms with Crippen LogP contribution in [0.5, 0.6) is 0 Å². The molecule has 118 valence electrons. The van der Waals surface area contributed by atoms with Crippen molar-refractivity contribution in [2.75, 3.05) is 14.1 Å². The Morgan fingerprint density at radius 1 is 0.955 bits per heavy atom. The lowest BCUT2D eigenvalue weighted by Gasteiger charge is -2.09. The molecule has 0 fully saturated rings. The average molecular weight is 357 g/mol. The van der Waals surface area contributed by atoms with E-state index in [0.717, 1.165) is 5.56 Å². The van der Waals surface area contributed by atoms with Gasteiger partial charge in [-0.05, 0) is 43.5 Å². The maximum atomic E-state index is 5.91. The van der Waals surface area contributed by atoms with E-state index in [1.165, 1.54) is 0 Å². The molecule has 0 heterocycles. The lowest BCUT2D eigenvalue weighted by Crippen LogP contribution is -2.32. The molecule has 1 aromatic carbocycles. The van der Waals surface area contributed by atoms with Gasteiger partial charge in [0.2, 0.25) is 0 Å². The zero-order valence-corrected chi connectivity index (χ0v) is 14.8. The maximum Gasteiger partial charge on any atom is 0.186 e. The topological polar surface area (TPSA) is 72.8 Å². The molecule has 0 atom stereocenters. The highest BCUT2D eigenvalue weighted by Crippen LogP contribution is 2.11. The van der Waals surface area contributed by atoms with Crippen molar-refractivity contribution < 1.29 is 0 Å². The molecule has 0 aliphatic carbocycles. The Hall–Kier alpha value is -1.77. The lowest BCUT2D eigenvalue weighted by molar-refractivity contribution is 0.966. The molecule has 9 heteroatoms. The fourth-order valence-corrected chi connectivity index (χ4v) is 1.59. The smallest absolute Gasteiger partial charge is 0.186 e. The number of nitrogens with zero attached hydrogens (tertiary/aromatic N) is 2. The van der Waals surface area contributed by atoms with Crippen molar-refractivity contribution in [2.24, 2.45) is 10.2 Å². The summed E-state index contributed by atoms with van der Waals surface area (Å²) in [5.41, 5.74) is 7.55. The van der Waals surface area contributed by atoms with E-state index in [1.54, 1.807) is 26.2 Å². The van der Waals surface area contributed by atoms with Gasteiger partial charge in [-0.3, -0.25) is 10.9 Å². The molecule has 0 bridgehead atoms. The van der Waals surface area contributed by atoms with E-state index in [-0.39, 0.29) is 0 Å². The van der Waals surface area contributed by atoms with Gasteiger partial charge in [-0.2, -0.15) is 10.2 Å². The SMILES string of the molecule is CNC(=S)NN=C(C)C(=NNC(=S)NC)c1ccc(Cl)cc1. The van der Waals surface area contributed by atoms with Crippen LogP contribution < -0.4 is 21.5 Å². The van der Waals surface area contributed by atoms with Crippen molar-refractivity contribution in [3.05, 3.63) is 34.9 Å². The molecule has 0 amide bonds. The number of nitrogens with one attached hydrogen (secondary N) is 4. The van der Waals surface area contributed by atoms with Crippen LogP contribution in [-0.4, -0.2) is 35.7 Å². The summed E-state index contributed by atoms with van der Waals surface area (Å²) in [6.45, 7) is 1.81. The van der Waals surface area contributed by atoms with Gasteiger partial charge in [0, 0.05) is 24.7 Å². The summed E-state index contributed by atoms with van der Waals surface area (Å²) in [5, 5.41) is 15.5. The quantitative estimate of drug-likeness (QED) is 0.373. The first-order valence-electron chi connectivity index (χ1n) is 6.31. The molecule has 0 radical (unpaired) electrons. The van der Waals surface area contributed by atoms with E-state index in [9.17, 15) is 0 Å². The first-order valence-corrected chi connectivity index (χ1v) is 7.51. The Labute approximate surface area is 145 Å². The highest BCUT2D eigenvalue weighted by Gasteiger charge is 2.09. The van der Waals surface area contributed by atoms with E-state index in [4.69, 9.17) is 36.0 Å². The minimum Gasteiger partial charge on any atom is -0.364 e. The first kappa shape index (κ1) is 18.3. The summed E-state index contributed by atoms with van der Waals surface area (Å²) in [7, 11) is 3.42. The average Bonchev–Trinajstić information content (AvgIpc) is 2.53. The number of hydrogen-bond acceptors (Lipinski definition) is 4. The second-order valence-corrected chi connectivity index (χ2v) is 5.30. The van der Waals surface area contributed by atoms with Crippen LogP contribution in [0.25, 0.3) is 0 Å². The third kappa shape index (κ3) is 5.92. The van der Waals surface area contributed by atoms with Gasteiger partial charge >= 0.3 is 0 Å². The number of benzene rings is 1. The molecule has 0 unspecified atom stereocenters. The Morgan fingerprint density at radius 3 is 1.95 bits per heavy atom. The van der Waals surface area contributed by atoms with Crippen LogP contribution in [-0.2, 0) is 0 Å². The van der Waals surface area contributed by atoms with Crippen molar-refractivity contribution in [3.8, 4) is 0 Å². The minimum atomic E-state index is 0.401. The minimum absolute atomic E-state index is 0.401. The molecular weight excluding hydrogens is 340 g/mol. The number of halogens is 1. The van der Waals surface area contributed by atoms with Crippen LogP contribution in [0.2, 0.25) is 5.02 Å². The highest BCUT2D eigenvalue weighted by atomic mass is 35.5. The van der Waals surface area contributed by atoms with Gasteiger partial charge in [0.15, 0.2) is 10.2 Å². The molecule has 0 spiro atoms.